The van der Waals surface area contributed by atoms with Crippen LogP contribution < -0.4 is 19.3 Å². The summed E-state index contributed by atoms with van der Waals surface area (Å²) >= 11 is 0. The molecular formula is C29H30N3O4+. The van der Waals surface area contributed by atoms with Crippen LogP contribution in [0.1, 0.15) is 11.1 Å². The molecule has 2 aliphatic heterocycles. The number of benzene rings is 3. The van der Waals surface area contributed by atoms with Gasteiger partial charge in [-0.2, -0.15) is 0 Å². The van der Waals surface area contributed by atoms with Crippen molar-refractivity contribution >= 4 is 23.6 Å². The van der Waals surface area contributed by atoms with Gasteiger partial charge in [0.15, 0.2) is 11.5 Å². The predicted octanol–water partition coefficient (Wildman–Crippen LogP) is 2.39. The third-order valence-corrected chi connectivity index (χ3v) is 6.66. The first-order chi connectivity index (χ1) is 17.6. The fourth-order valence-corrected chi connectivity index (χ4v) is 4.64. The Labute approximate surface area is 211 Å². The zero-order chi connectivity index (χ0) is 24.9. The van der Waals surface area contributed by atoms with E-state index in [9.17, 15) is 9.59 Å². The highest BCUT2D eigenvalue weighted by molar-refractivity contribution is 6.12. The van der Waals surface area contributed by atoms with Crippen LogP contribution in [0.25, 0.3) is 6.08 Å². The molecule has 0 unspecified atom stereocenters. The van der Waals surface area contributed by atoms with E-state index >= 15 is 0 Å². The van der Waals surface area contributed by atoms with Crippen LogP contribution in [0.2, 0.25) is 0 Å². The molecule has 7 heteroatoms. The molecule has 1 saturated heterocycles. The van der Waals surface area contributed by atoms with Gasteiger partial charge in [-0.3, -0.25) is 14.5 Å². The first-order valence-corrected chi connectivity index (χ1v) is 12.2. The number of piperazine rings is 1. The number of nitrogens with zero attached hydrogens (tertiary/aromatic N) is 2. The molecule has 2 heterocycles. The average molecular weight is 485 g/mol. The molecule has 1 fully saturated rings. The van der Waals surface area contributed by atoms with Gasteiger partial charge in [0.25, 0.3) is 5.91 Å². The molecule has 2 amide bonds. The minimum absolute atomic E-state index is 0.0207. The summed E-state index contributed by atoms with van der Waals surface area (Å²) in [6.45, 7) is 4.06. The zero-order valence-electron chi connectivity index (χ0n) is 20.4. The maximum Gasteiger partial charge on any atom is 0.294 e. The molecular weight excluding hydrogens is 454 g/mol. The van der Waals surface area contributed by atoms with Crippen LogP contribution >= 0.6 is 0 Å². The minimum Gasteiger partial charge on any atom is -0.497 e. The Kier molecular flexibility index (Phi) is 7.00. The van der Waals surface area contributed by atoms with E-state index < -0.39 is 0 Å². The normalized spacial score (nSPS) is 17.0. The number of fused-ring (bicyclic) bond motifs is 1. The molecule has 3 aromatic rings. The van der Waals surface area contributed by atoms with Crippen molar-refractivity contribution < 1.29 is 24.0 Å². The molecule has 0 bridgehead atoms. The van der Waals surface area contributed by atoms with E-state index in [-0.39, 0.29) is 24.1 Å². The van der Waals surface area contributed by atoms with E-state index in [4.69, 9.17) is 9.47 Å². The van der Waals surface area contributed by atoms with E-state index in [1.165, 1.54) is 15.4 Å². The predicted molar refractivity (Wildman–Crippen MR) is 138 cm³/mol. The van der Waals surface area contributed by atoms with Crippen LogP contribution in [-0.4, -0.2) is 56.5 Å². The highest BCUT2D eigenvalue weighted by atomic mass is 16.5. The van der Waals surface area contributed by atoms with Gasteiger partial charge in [-0.15, -0.1) is 0 Å². The highest BCUT2D eigenvalue weighted by Gasteiger charge is 2.33. The topological polar surface area (TPSA) is 63.5 Å². The molecule has 0 aliphatic carbocycles. The SMILES string of the molecule is COc1ccc(C=C2Oc3ccccc3N(CC(=O)N3CC[NH+](Cc4ccccc4)CC3)C2=O)cc1. The molecule has 1 N–H and O–H groups in total. The van der Waals surface area contributed by atoms with Crippen LogP contribution in [0.3, 0.4) is 0 Å². The third-order valence-electron chi connectivity index (χ3n) is 6.66. The van der Waals surface area contributed by atoms with Crippen molar-refractivity contribution in [2.45, 2.75) is 6.54 Å². The second kappa shape index (κ2) is 10.7. The van der Waals surface area contributed by atoms with Crippen LogP contribution in [0.15, 0.2) is 84.6 Å². The first-order valence-electron chi connectivity index (χ1n) is 12.2. The number of methoxy groups -OCH3 is 1. The van der Waals surface area contributed by atoms with Gasteiger partial charge in [-0.1, -0.05) is 54.6 Å². The molecule has 36 heavy (non-hydrogen) atoms. The Morgan fingerprint density at radius 2 is 1.67 bits per heavy atom. The summed E-state index contributed by atoms with van der Waals surface area (Å²) in [5.41, 5.74) is 2.72. The molecule has 184 valence electrons. The number of anilines is 1. The molecule has 3 aromatic carbocycles. The second-order valence-corrected chi connectivity index (χ2v) is 9.04. The van der Waals surface area contributed by atoms with E-state index in [0.717, 1.165) is 30.9 Å². The molecule has 0 aromatic heterocycles. The van der Waals surface area contributed by atoms with Crippen molar-refractivity contribution in [1.82, 2.24) is 4.90 Å². The summed E-state index contributed by atoms with van der Waals surface area (Å²) < 4.78 is 11.2. The van der Waals surface area contributed by atoms with Crippen LogP contribution in [0.5, 0.6) is 11.5 Å². The molecule has 0 radical (unpaired) electrons. The first kappa shape index (κ1) is 23.6. The second-order valence-electron chi connectivity index (χ2n) is 9.04. The summed E-state index contributed by atoms with van der Waals surface area (Å²) in [7, 11) is 1.61. The maximum atomic E-state index is 13.4. The number of ether oxygens (including phenoxy) is 2. The van der Waals surface area contributed by atoms with Gasteiger partial charge in [0.05, 0.1) is 39.0 Å². The summed E-state index contributed by atoms with van der Waals surface area (Å²) in [4.78, 5) is 31.5. The Morgan fingerprint density at radius 3 is 2.39 bits per heavy atom. The molecule has 2 aliphatic rings. The van der Waals surface area contributed by atoms with Crippen molar-refractivity contribution in [3.8, 4) is 11.5 Å². The standard InChI is InChI=1S/C29H29N3O4/c1-35-24-13-11-22(12-14-24)19-27-29(34)32(25-9-5-6-10-26(25)36-27)21-28(33)31-17-15-30(16-18-31)20-23-7-3-2-4-8-23/h2-14,19H,15-18,20-21H2,1H3/p+1. The number of amides is 2. The van der Waals surface area contributed by atoms with E-state index in [1.54, 1.807) is 13.2 Å². The lowest BCUT2D eigenvalue weighted by Gasteiger charge is -2.35. The highest BCUT2D eigenvalue weighted by Crippen LogP contribution is 2.35. The lowest BCUT2D eigenvalue weighted by molar-refractivity contribution is -0.917. The lowest BCUT2D eigenvalue weighted by Crippen LogP contribution is -3.13. The Hall–Kier alpha value is -4.10. The third kappa shape index (κ3) is 5.26. The van der Waals surface area contributed by atoms with Gasteiger partial charge < -0.3 is 19.3 Å². The zero-order valence-corrected chi connectivity index (χ0v) is 20.4. The van der Waals surface area contributed by atoms with E-state index in [1.807, 2.05) is 59.5 Å². The van der Waals surface area contributed by atoms with Crippen molar-refractivity contribution in [3.05, 3.63) is 95.7 Å². The van der Waals surface area contributed by atoms with E-state index in [2.05, 4.69) is 24.3 Å². The van der Waals surface area contributed by atoms with Crippen LogP contribution in [0.4, 0.5) is 5.69 Å². The fourth-order valence-electron chi connectivity index (χ4n) is 4.64. The van der Waals surface area contributed by atoms with Gasteiger partial charge in [-0.25, -0.2) is 0 Å². The molecule has 7 nitrogen and oxygen atoms in total. The largest absolute Gasteiger partial charge is 0.497 e. The smallest absolute Gasteiger partial charge is 0.294 e. The number of hydrogen-bond donors (Lipinski definition) is 1. The van der Waals surface area contributed by atoms with Crippen molar-refractivity contribution in [1.29, 1.82) is 0 Å². The average Bonchev–Trinajstić information content (AvgIpc) is 2.92. The number of para-hydroxylation sites is 2. The number of nitrogens with one attached hydrogen (secondary N) is 1. The quantitative estimate of drug-likeness (QED) is 0.546. The number of carbonyl (C=O) groups excluding carboxylic acids is 2. The monoisotopic (exact) mass is 484 g/mol. The maximum absolute atomic E-state index is 13.4. The molecule has 0 spiro atoms. The fraction of sp³-hybridized carbons (Fsp3) is 0.241. The summed E-state index contributed by atoms with van der Waals surface area (Å²) in [5.74, 6) is 1.09. The Morgan fingerprint density at radius 1 is 0.972 bits per heavy atom. The molecule has 0 atom stereocenters. The van der Waals surface area contributed by atoms with E-state index in [0.29, 0.717) is 24.5 Å². The molecule has 5 rings (SSSR count). The van der Waals surface area contributed by atoms with Gasteiger partial charge >= 0.3 is 0 Å². The minimum atomic E-state index is -0.328. The van der Waals surface area contributed by atoms with Crippen LogP contribution in [0, 0.1) is 0 Å². The van der Waals surface area contributed by atoms with Crippen LogP contribution in [-0.2, 0) is 16.1 Å². The summed E-state index contributed by atoms with van der Waals surface area (Å²) in [6, 6.07) is 25.1. The van der Waals surface area contributed by atoms with Crippen molar-refractivity contribution in [3.63, 3.8) is 0 Å². The molecule has 0 saturated carbocycles. The Balaban J connectivity index is 1.28. The van der Waals surface area contributed by atoms with Gasteiger partial charge in [0, 0.05) is 5.56 Å². The number of rotatable bonds is 6. The van der Waals surface area contributed by atoms with Crippen molar-refractivity contribution in [2.75, 3.05) is 44.7 Å². The summed E-state index contributed by atoms with van der Waals surface area (Å²) in [5, 5.41) is 0. The van der Waals surface area contributed by atoms with Gasteiger partial charge in [-0.05, 0) is 35.9 Å². The number of hydrogen-bond acceptors (Lipinski definition) is 4. The van der Waals surface area contributed by atoms with Gasteiger partial charge in [0.1, 0.15) is 18.8 Å². The number of quaternary nitrogens is 1. The van der Waals surface area contributed by atoms with Crippen molar-refractivity contribution in [2.24, 2.45) is 0 Å². The summed E-state index contributed by atoms with van der Waals surface area (Å²) in [6.07, 6.45) is 1.70. The lowest BCUT2D eigenvalue weighted by atomic mass is 10.1. The Bertz CT molecular complexity index is 1250. The number of carbonyl (C=O) groups is 2. The van der Waals surface area contributed by atoms with Gasteiger partial charge in [0.2, 0.25) is 5.91 Å².